The number of para-hydroxylation sites is 1. The average Bonchev–Trinajstić information content (AvgIpc) is 2.15. The number of carbonyl (C=O) groups is 1. The second-order valence-corrected chi connectivity index (χ2v) is 3.52. The van der Waals surface area contributed by atoms with Gasteiger partial charge in [-0.25, -0.2) is 4.79 Å². The van der Waals surface area contributed by atoms with Gasteiger partial charge in [-0.1, -0.05) is 18.2 Å². The highest BCUT2D eigenvalue weighted by molar-refractivity contribution is 5.84. The Kier molecular flexibility index (Phi) is 3.68. The molecule has 0 aliphatic rings. The van der Waals surface area contributed by atoms with Gasteiger partial charge in [0.05, 0.1) is 11.8 Å². The van der Waals surface area contributed by atoms with Gasteiger partial charge in [-0.2, -0.15) is 5.06 Å². The van der Waals surface area contributed by atoms with Gasteiger partial charge in [0.2, 0.25) is 0 Å². The molecule has 0 atom stereocenters. The van der Waals surface area contributed by atoms with E-state index in [4.69, 9.17) is 9.94 Å². The van der Waals surface area contributed by atoms with Crippen LogP contribution in [0, 0.1) is 6.92 Å². The summed E-state index contributed by atoms with van der Waals surface area (Å²) in [6.45, 7) is 5.41. The number of hydrogen-bond acceptors (Lipinski definition) is 2. The van der Waals surface area contributed by atoms with E-state index < -0.39 is 6.09 Å². The minimum Gasteiger partial charge on any atom is -0.463 e. The van der Waals surface area contributed by atoms with Crippen LogP contribution in [-0.2, 0) is 4.84 Å². The van der Waals surface area contributed by atoms with Crippen LogP contribution in [-0.4, -0.2) is 17.3 Å². The molecule has 1 aromatic carbocycles. The monoisotopic (exact) mass is 209 g/mol. The lowest BCUT2D eigenvalue weighted by Crippen LogP contribution is -2.32. The normalized spacial score (nSPS) is 10.4. The highest BCUT2D eigenvalue weighted by atomic mass is 16.7. The van der Waals surface area contributed by atoms with Gasteiger partial charge in [-0.15, -0.1) is 0 Å². The summed E-state index contributed by atoms with van der Waals surface area (Å²) >= 11 is 0. The summed E-state index contributed by atoms with van der Waals surface area (Å²) in [6, 6.07) is 7.19. The molecule has 0 saturated carbocycles. The first-order chi connectivity index (χ1) is 7.02. The average molecular weight is 209 g/mol. The quantitative estimate of drug-likeness (QED) is 0.779. The molecule has 1 rings (SSSR count). The van der Waals surface area contributed by atoms with Gasteiger partial charge in [0.1, 0.15) is 0 Å². The van der Waals surface area contributed by atoms with Crippen LogP contribution < -0.4 is 5.06 Å². The fourth-order valence-corrected chi connectivity index (χ4v) is 1.21. The minimum absolute atomic E-state index is 0.180. The Balaban J connectivity index is 2.99. The highest BCUT2D eigenvalue weighted by Gasteiger charge is 2.18. The van der Waals surface area contributed by atoms with E-state index in [0.717, 1.165) is 10.6 Å². The van der Waals surface area contributed by atoms with Crippen molar-refractivity contribution in [2.24, 2.45) is 0 Å². The Bertz CT molecular complexity index is 349. The maximum absolute atomic E-state index is 11.0. The van der Waals surface area contributed by atoms with E-state index in [1.54, 1.807) is 26.0 Å². The second-order valence-electron chi connectivity index (χ2n) is 3.52. The first kappa shape index (κ1) is 11.5. The molecule has 82 valence electrons. The molecule has 0 fully saturated rings. The molecule has 4 heteroatoms. The molecule has 0 saturated heterocycles. The van der Waals surface area contributed by atoms with E-state index in [0.29, 0.717) is 5.69 Å². The topological polar surface area (TPSA) is 49.8 Å². The van der Waals surface area contributed by atoms with Crippen LogP contribution in [0.15, 0.2) is 24.3 Å². The first-order valence-corrected chi connectivity index (χ1v) is 4.78. The summed E-state index contributed by atoms with van der Waals surface area (Å²) in [4.78, 5) is 16.2. The molecule has 1 aromatic rings. The van der Waals surface area contributed by atoms with Crippen LogP contribution in [0.1, 0.15) is 19.4 Å². The third-order valence-corrected chi connectivity index (χ3v) is 1.82. The lowest BCUT2D eigenvalue weighted by Gasteiger charge is -2.22. The molecule has 1 N–H and O–H groups in total. The van der Waals surface area contributed by atoms with Crippen molar-refractivity contribution in [3.63, 3.8) is 0 Å². The molecule has 0 heterocycles. The number of rotatable bonds is 3. The highest BCUT2D eigenvalue weighted by Crippen LogP contribution is 2.20. The fourth-order valence-electron chi connectivity index (χ4n) is 1.21. The molecular weight excluding hydrogens is 194 g/mol. The number of amides is 1. The number of anilines is 1. The van der Waals surface area contributed by atoms with E-state index in [1.807, 2.05) is 19.1 Å². The van der Waals surface area contributed by atoms with E-state index in [2.05, 4.69) is 0 Å². The molecule has 0 aromatic heterocycles. The minimum atomic E-state index is -1.11. The van der Waals surface area contributed by atoms with Crippen LogP contribution in [0.25, 0.3) is 0 Å². The van der Waals surface area contributed by atoms with Gasteiger partial charge >= 0.3 is 6.09 Å². The maximum Gasteiger partial charge on any atom is 0.436 e. The van der Waals surface area contributed by atoms with Crippen molar-refractivity contribution >= 4 is 11.8 Å². The Hall–Kier alpha value is -1.55. The van der Waals surface area contributed by atoms with Crippen LogP contribution in [0.3, 0.4) is 0 Å². The van der Waals surface area contributed by atoms with Crippen molar-refractivity contribution in [2.45, 2.75) is 26.9 Å². The Morgan fingerprint density at radius 3 is 2.47 bits per heavy atom. The standard InChI is InChI=1S/C11H15NO3/c1-8(2)15-12(11(13)14)10-7-5-4-6-9(10)3/h4-8H,1-3H3,(H,13,14). The Morgan fingerprint density at radius 2 is 2.00 bits per heavy atom. The summed E-state index contributed by atoms with van der Waals surface area (Å²) in [6.07, 6.45) is -1.29. The van der Waals surface area contributed by atoms with Crippen molar-refractivity contribution in [3.8, 4) is 0 Å². The summed E-state index contributed by atoms with van der Waals surface area (Å²) in [5.41, 5.74) is 1.42. The zero-order chi connectivity index (χ0) is 11.4. The van der Waals surface area contributed by atoms with E-state index in [1.165, 1.54) is 0 Å². The van der Waals surface area contributed by atoms with Crippen LogP contribution in [0.4, 0.5) is 10.5 Å². The Morgan fingerprint density at radius 1 is 1.40 bits per heavy atom. The van der Waals surface area contributed by atoms with Gasteiger partial charge in [0.25, 0.3) is 0 Å². The van der Waals surface area contributed by atoms with Crippen LogP contribution in [0.5, 0.6) is 0 Å². The number of aryl methyl sites for hydroxylation is 1. The smallest absolute Gasteiger partial charge is 0.436 e. The molecule has 1 amide bonds. The number of hydroxylamine groups is 1. The maximum atomic E-state index is 11.0. The van der Waals surface area contributed by atoms with Gasteiger partial charge in [0, 0.05) is 0 Å². The van der Waals surface area contributed by atoms with Crippen LogP contribution >= 0.6 is 0 Å². The molecule has 0 aliphatic carbocycles. The molecule has 0 spiro atoms. The molecule has 0 bridgehead atoms. The number of nitrogens with zero attached hydrogens (tertiary/aromatic N) is 1. The van der Waals surface area contributed by atoms with E-state index >= 15 is 0 Å². The SMILES string of the molecule is Cc1ccccc1N(OC(C)C)C(=O)O. The number of carboxylic acid groups (broad SMARTS) is 1. The summed E-state index contributed by atoms with van der Waals surface area (Å²) in [5.74, 6) is 0. The van der Waals surface area contributed by atoms with Crippen molar-refractivity contribution < 1.29 is 14.7 Å². The van der Waals surface area contributed by atoms with Gasteiger partial charge < -0.3 is 5.11 Å². The second kappa shape index (κ2) is 4.79. The lowest BCUT2D eigenvalue weighted by molar-refractivity contribution is 0.0540. The largest absolute Gasteiger partial charge is 0.463 e. The molecule has 0 aliphatic heterocycles. The lowest BCUT2D eigenvalue weighted by atomic mass is 10.2. The fraction of sp³-hybridized carbons (Fsp3) is 0.364. The summed E-state index contributed by atoms with van der Waals surface area (Å²) < 4.78 is 0. The van der Waals surface area contributed by atoms with Crippen molar-refractivity contribution in [3.05, 3.63) is 29.8 Å². The van der Waals surface area contributed by atoms with E-state index in [9.17, 15) is 4.79 Å². The number of hydrogen-bond donors (Lipinski definition) is 1. The van der Waals surface area contributed by atoms with E-state index in [-0.39, 0.29) is 6.10 Å². The molecule has 0 unspecified atom stereocenters. The Labute approximate surface area is 89.0 Å². The summed E-state index contributed by atoms with van der Waals surface area (Å²) in [5, 5.41) is 9.90. The van der Waals surface area contributed by atoms with Gasteiger partial charge in [-0.3, -0.25) is 4.84 Å². The molecular formula is C11H15NO3. The van der Waals surface area contributed by atoms with Crippen molar-refractivity contribution in [2.75, 3.05) is 5.06 Å². The predicted octanol–water partition coefficient (Wildman–Crippen LogP) is 2.82. The third kappa shape index (κ3) is 2.95. The summed E-state index contributed by atoms with van der Waals surface area (Å²) in [7, 11) is 0. The predicted molar refractivity (Wildman–Crippen MR) is 57.9 cm³/mol. The third-order valence-electron chi connectivity index (χ3n) is 1.82. The van der Waals surface area contributed by atoms with Crippen molar-refractivity contribution in [1.82, 2.24) is 0 Å². The molecule has 15 heavy (non-hydrogen) atoms. The van der Waals surface area contributed by atoms with Crippen LogP contribution in [0.2, 0.25) is 0 Å². The number of benzene rings is 1. The zero-order valence-corrected chi connectivity index (χ0v) is 9.10. The van der Waals surface area contributed by atoms with Gasteiger partial charge in [-0.05, 0) is 32.4 Å². The first-order valence-electron chi connectivity index (χ1n) is 4.78. The zero-order valence-electron chi connectivity index (χ0n) is 9.10. The molecule has 4 nitrogen and oxygen atoms in total. The van der Waals surface area contributed by atoms with Gasteiger partial charge in [0.15, 0.2) is 0 Å². The van der Waals surface area contributed by atoms with Crippen molar-refractivity contribution in [1.29, 1.82) is 0 Å². The molecule has 0 radical (unpaired) electrons.